The molecule has 0 amide bonds. The van der Waals surface area contributed by atoms with E-state index in [1.807, 2.05) is 0 Å². The minimum absolute atomic E-state index is 0.347. The molecule has 2 heteroatoms. The molecule has 4 aliphatic carbocycles. The maximum atomic E-state index is 4.02. The van der Waals surface area contributed by atoms with E-state index in [2.05, 4.69) is 24.5 Å². The lowest BCUT2D eigenvalue weighted by Crippen LogP contribution is -2.60. The first-order chi connectivity index (χ1) is 9.12. The average molecular weight is 262 g/mol. The summed E-state index contributed by atoms with van der Waals surface area (Å²) in [7, 11) is 0. The highest BCUT2D eigenvalue weighted by atomic mass is 15.1. The summed E-state index contributed by atoms with van der Waals surface area (Å²) in [5.74, 6) is 5.22. The van der Waals surface area contributed by atoms with Crippen molar-refractivity contribution in [3.8, 4) is 0 Å². The molecule has 1 saturated heterocycles. The number of rotatable bonds is 3. The van der Waals surface area contributed by atoms with Crippen LogP contribution in [-0.2, 0) is 0 Å². The van der Waals surface area contributed by atoms with E-state index in [0.717, 1.165) is 29.6 Å². The Morgan fingerprint density at radius 3 is 2.11 bits per heavy atom. The van der Waals surface area contributed by atoms with E-state index in [9.17, 15) is 0 Å². The van der Waals surface area contributed by atoms with Gasteiger partial charge in [0.2, 0.25) is 0 Å². The fourth-order valence-corrected chi connectivity index (χ4v) is 6.50. The van der Waals surface area contributed by atoms with E-state index in [1.165, 1.54) is 19.5 Å². The second-order valence-corrected chi connectivity index (χ2v) is 8.51. The maximum Gasteiger partial charge on any atom is 0.0209 e. The largest absolute Gasteiger partial charge is 0.315 e. The third kappa shape index (κ3) is 2.15. The second-order valence-electron chi connectivity index (χ2n) is 8.51. The van der Waals surface area contributed by atoms with Crippen molar-refractivity contribution in [3.05, 3.63) is 0 Å². The minimum atomic E-state index is 0.347. The zero-order valence-corrected chi connectivity index (χ0v) is 12.6. The number of hydrogen-bond acceptors (Lipinski definition) is 2. The third-order valence-electron chi connectivity index (χ3n) is 6.70. The quantitative estimate of drug-likeness (QED) is 0.817. The number of nitrogens with one attached hydrogen (secondary N) is 2. The second kappa shape index (κ2) is 4.46. The fourth-order valence-electron chi connectivity index (χ4n) is 6.50. The summed E-state index contributed by atoms with van der Waals surface area (Å²) in [4.78, 5) is 0. The first-order valence-electron chi connectivity index (χ1n) is 8.60. The van der Waals surface area contributed by atoms with Gasteiger partial charge in [0, 0.05) is 18.1 Å². The molecule has 108 valence electrons. The Bertz CT molecular complexity index is 315. The van der Waals surface area contributed by atoms with Crippen molar-refractivity contribution >= 4 is 0 Å². The van der Waals surface area contributed by atoms with Gasteiger partial charge in [-0.05, 0) is 88.5 Å². The molecule has 2 N–H and O–H groups in total. The monoisotopic (exact) mass is 262 g/mol. The van der Waals surface area contributed by atoms with Crippen molar-refractivity contribution in [1.29, 1.82) is 0 Å². The zero-order chi connectivity index (χ0) is 13.0. The Morgan fingerprint density at radius 1 is 0.947 bits per heavy atom. The third-order valence-corrected chi connectivity index (χ3v) is 6.70. The normalized spacial score (nSPS) is 48.9. The molecule has 1 unspecified atom stereocenters. The molecule has 19 heavy (non-hydrogen) atoms. The zero-order valence-electron chi connectivity index (χ0n) is 12.6. The Balaban J connectivity index is 1.50. The van der Waals surface area contributed by atoms with Crippen LogP contribution in [0.3, 0.4) is 0 Å². The standard InChI is InChI=1S/C17H30N2/c1-17(2,19-15-3-4-18-10-15)16-13-6-11-5-12(8-13)9-14(16)7-11/h11-16,18-19H,3-10H2,1-2H3. The van der Waals surface area contributed by atoms with Gasteiger partial charge in [0.05, 0.1) is 0 Å². The lowest BCUT2D eigenvalue weighted by molar-refractivity contribution is -0.0721. The summed E-state index contributed by atoms with van der Waals surface area (Å²) in [6.45, 7) is 7.38. The summed E-state index contributed by atoms with van der Waals surface area (Å²) >= 11 is 0. The van der Waals surface area contributed by atoms with Crippen LogP contribution in [0.2, 0.25) is 0 Å². The van der Waals surface area contributed by atoms with Crippen molar-refractivity contribution in [2.75, 3.05) is 13.1 Å². The fraction of sp³-hybridized carbons (Fsp3) is 1.00. The van der Waals surface area contributed by atoms with Crippen molar-refractivity contribution in [2.45, 2.75) is 64.0 Å². The lowest BCUT2D eigenvalue weighted by atomic mass is 9.48. The summed E-state index contributed by atoms with van der Waals surface area (Å²) in [5.41, 5.74) is 0.347. The molecule has 0 aromatic rings. The van der Waals surface area contributed by atoms with Crippen LogP contribution >= 0.6 is 0 Å². The average Bonchev–Trinajstić information content (AvgIpc) is 2.78. The van der Waals surface area contributed by atoms with E-state index in [-0.39, 0.29) is 0 Å². The summed E-state index contributed by atoms with van der Waals surface area (Å²) < 4.78 is 0. The molecule has 4 saturated carbocycles. The van der Waals surface area contributed by atoms with E-state index in [4.69, 9.17) is 0 Å². The van der Waals surface area contributed by atoms with E-state index in [1.54, 1.807) is 32.1 Å². The van der Waals surface area contributed by atoms with Gasteiger partial charge in [-0.3, -0.25) is 0 Å². The topological polar surface area (TPSA) is 24.1 Å². The highest BCUT2D eigenvalue weighted by Gasteiger charge is 2.53. The van der Waals surface area contributed by atoms with Crippen LogP contribution < -0.4 is 10.6 Å². The summed E-state index contributed by atoms with van der Waals surface area (Å²) in [5, 5.41) is 7.52. The van der Waals surface area contributed by atoms with Crippen LogP contribution in [0.4, 0.5) is 0 Å². The maximum absolute atomic E-state index is 4.02. The van der Waals surface area contributed by atoms with Crippen molar-refractivity contribution in [1.82, 2.24) is 10.6 Å². The van der Waals surface area contributed by atoms with Crippen LogP contribution in [0.25, 0.3) is 0 Å². The first kappa shape index (κ1) is 12.6. The van der Waals surface area contributed by atoms with Gasteiger partial charge in [0.15, 0.2) is 0 Å². The SMILES string of the molecule is CC(C)(NC1CCNC1)C1C2CC3CC(C2)CC1C3. The Kier molecular flexibility index (Phi) is 2.97. The molecule has 0 spiro atoms. The molecular weight excluding hydrogens is 232 g/mol. The van der Waals surface area contributed by atoms with Crippen LogP contribution in [0.5, 0.6) is 0 Å². The first-order valence-corrected chi connectivity index (χ1v) is 8.60. The van der Waals surface area contributed by atoms with Crippen LogP contribution in [-0.4, -0.2) is 24.7 Å². The molecular formula is C17H30N2. The van der Waals surface area contributed by atoms with Gasteiger partial charge in [0.1, 0.15) is 0 Å². The highest BCUT2D eigenvalue weighted by molar-refractivity contribution is 5.05. The molecule has 0 aromatic heterocycles. The Hall–Kier alpha value is -0.0800. The van der Waals surface area contributed by atoms with Crippen molar-refractivity contribution in [2.24, 2.45) is 29.6 Å². The molecule has 5 rings (SSSR count). The van der Waals surface area contributed by atoms with E-state index in [0.29, 0.717) is 11.6 Å². The van der Waals surface area contributed by atoms with Gasteiger partial charge < -0.3 is 10.6 Å². The molecule has 2 nitrogen and oxygen atoms in total. The van der Waals surface area contributed by atoms with Crippen LogP contribution in [0, 0.1) is 29.6 Å². The van der Waals surface area contributed by atoms with Gasteiger partial charge in [0.25, 0.3) is 0 Å². The predicted molar refractivity (Wildman–Crippen MR) is 79.0 cm³/mol. The van der Waals surface area contributed by atoms with Gasteiger partial charge in [-0.15, -0.1) is 0 Å². The molecule has 5 aliphatic rings. The smallest absolute Gasteiger partial charge is 0.0209 e. The summed E-state index contributed by atoms with van der Waals surface area (Å²) in [6.07, 6.45) is 9.08. The van der Waals surface area contributed by atoms with Crippen molar-refractivity contribution in [3.63, 3.8) is 0 Å². The predicted octanol–water partition coefficient (Wildman–Crippen LogP) is 2.79. The highest BCUT2D eigenvalue weighted by Crippen LogP contribution is 2.59. The molecule has 5 fully saturated rings. The van der Waals surface area contributed by atoms with Gasteiger partial charge in [-0.25, -0.2) is 0 Å². The molecule has 0 aromatic carbocycles. The van der Waals surface area contributed by atoms with E-state index < -0.39 is 0 Å². The molecule has 1 heterocycles. The lowest BCUT2D eigenvalue weighted by Gasteiger charge is -2.59. The van der Waals surface area contributed by atoms with Crippen LogP contribution in [0.1, 0.15) is 52.4 Å². The molecule has 1 atom stereocenters. The summed E-state index contributed by atoms with van der Waals surface area (Å²) in [6, 6.07) is 0.715. The molecule has 4 bridgehead atoms. The van der Waals surface area contributed by atoms with Gasteiger partial charge in [-0.2, -0.15) is 0 Å². The van der Waals surface area contributed by atoms with Gasteiger partial charge >= 0.3 is 0 Å². The Morgan fingerprint density at radius 2 is 1.58 bits per heavy atom. The number of hydrogen-bond donors (Lipinski definition) is 2. The Labute approximate surface area is 118 Å². The van der Waals surface area contributed by atoms with Crippen LogP contribution in [0.15, 0.2) is 0 Å². The molecule has 1 aliphatic heterocycles. The van der Waals surface area contributed by atoms with Crippen molar-refractivity contribution < 1.29 is 0 Å². The van der Waals surface area contributed by atoms with E-state index >= 15 is 0 Å². The van der Waals surface area contributed by atoms with Gasteiger partial charge in [-0.1, -0.05) is 0 Å². The minimum Gasteiger partial charge on any atom is -0.315 e. The molecule has 0 radical (unpaired) electrons.